The number of aromatic nitrogens is 2. The summed E-state index contributed by atoms with van der Waals surface area (Å²) in [6, 6.07) is 11.3. The summed E-state index contributed by atoms with van der Waals surface area (Å²) in [5.74, 6) is 1.98. The molecular formula is C25H28Cl2N4O3. The van der Waals surface area contributed by atoms with Gasteiger partial charge in [0.1, 0.15) is 0 Å². The van der Waals surface area contributed by atoms with E-state index in [4.69, 9.17) is 37.7 Å². The lowest BCUT2D eigenvalue weighted by Crippen LogP contribution is -2.48. The third-order valence-corrected chi connectivity index (χ3v) is 6.63. The number of benzene rings is 2. The minimum atomic E-state index is -0.0177. The summed E-state index contributed by atoms with van der Waals surface area (Å²) in [5.41, 5.74) is 3.32. The Balaban J connectivity index is 1.68. The SMILES string of the molecule is CCc1c(C)nc2n(c1=O)CN(CCc1ccc(OC)c(OC)c1)CN2c1ccc(Cl)cc1Cl. The number of hydrogen-bond acceptors (Lipinski definition) is 6. The van der Waals surface area contributed by atoms with Gasteiger partial charge in [-0.1, -0.05) is 36.2 Å². The van der Waals surface area contributed by atoms with Gasteiger partial charge in [-0.25, -0.2) is 4.98 Å². The third-order valence-electron chi connectivity index (χ3n) is 6.09. The molecule has 0 saturated carbocycles. The minimum Gasteiger partial charge on any atom is -0.493 e. The summed E-state index contributed by atoms with van der Waals surface area (Å²) in [5, 5.41) is 1.06. The summed E-state index contributed by atoms with van der Waals surface area (Å²) in [7, 11) is 3.25. The van der Waals surface area contributed by atoms with Gasteiger partial charge >= 0.3 is 0 Å². The molecule has 2 aromatic carbocycles. The Morgan fingerprint density at radius 1 is 1.03 bits per heavy atom. The molecule has 0 saturated heterocycles. The van der Waals surface area contributed by atoms with Crippen LogP contribution in [0.3, 0.4) is 0 Å². The van der Waals surface area contributed by atoms with Gasteiger partial charge in [-0.05, 0) is 55.7 Å². The van der Waals surface area contributed by atoms with E-state index in [0.29, 0.717) is 47.3 Å². The first kappa shape index (κ1) is 24.4. The van der Waals surface area contributed by atoms with E-state index in [0.717, 1.165) is 35.5 Å². The van der Waals surface area contributed by atoms with Crippen LogP contribution < -0.4 is 19.9 Å². The maximum atomic E-state index is 13.3. The second kappa shape index (κ2) is 10.3. The summed E-state index contributed by atoms with van der Waals surface area (Å²) in [4.78, 5) is 22.3. The molecule has 9 heteroatoms. The molecule has 0 unspecified atom stereocenters. The molecule has 0 bridgehead atoms. The van der Waals surface area contributed by atoms with Crippen molar-refractivity contribution in [1.82, 2.24) is 14.5 Å². The average molecular weight is 503 g/mol. The first-order chi connectivity index (χ1) is 16.4. The van der Waals surface area contributed by atoms with E-state index in [9.17, 15) is 4.79 Å². The molecule has 7 nitrogen and oxygen atoms in total. The van der Waals surface area contributed by atoms with Crippen LogP contribution in [0.4, 0.5) is 11.6 Å². The van der Waals surface area contributed by atoms with Crippen molar-refractivity contribution < 1.29 is 9.47 Å². The maximum absolute atomic E-state index is 13.3. The lowest BCUT2D eigenvalue weighted by Gasteiger charge is -2.38. The third kappa shape index (κ3) is 4.73. The van der Waals surface area contributed by atoms with E-state index in [2.05, 4.69) is 4.90 Å². The van der Waals surface area contributed by atoms with Gasteiger partial charge in [-0.2, -0.15) is 0 Å². The average Bonchev–Trinajstić information content (AvgIpc) is 2.83. The van der Waals surface area contributed by atoms with Gasteiger partial charge in [0.15, 0.2) is 11.5 Å². The summed E-state index contributed by atoms with van der Waals surface area (Å²) >= 11 is 12.7. The van der Waals surface area contributed by atoms with Gasteiger partial charge < -0.3 is 9.47 Å². The highest BCUT2D eigenvalue weighted by molar-refractivity contribution is 6.36. The highest BCUT2D eigenvalue weighted by Gasteiger charge is 2.28. The highest BCUT2D eigenvalue weighted by Crippen LogP contribution is 2.35. The van der Waals surface area contributed by atoms with Crippen molar-refractivity contribution >= 4 is 34.8 Å². The number of hydrogen-bond donors (Lipinski definition) is 0. The van der Waals surface area contributed by atoms with E-state index in [-0.39, 0.29) is 5.56 Å². The Kier molecular flexibility index (Phi) is 7.36. The quantitative estimate of drug-likeness (QED) is 0.450. The molecular weight excluding hydrogens is 475 g/mol. The molecule has 0 amide bonds. The van der Waals surface area contributed by atoms with E-state index in [1.54, 1.807) is 30.9 Å². The molecule has 1 aromatic heterocycles. The van der Waals surface area contributed by atoms with E-state index in [1.807, 2.05) is 43.0 Å². The Bertz CT molecular complexity index is 1260. The predicted molar refractivity (Wildman–Crippen MR) is 136 cm³/mol. The highest BCUT2D eigenvalue weighted by atomic mass is 35.5. The lowest BCUT2D eigenvalue weighted by atomic mass is 10.1. The lowest BCUT2D eigenvalue weighted by molar-refractivity contribution is 0.200. The summed E-state index contributed by atoms with van der Waals surface area (Å²) in [6.07, 6.45) is 1.40. The topological polar surface area (TPSA) is 59.8 Å². The Morgan fingerprint density at radius 3 is 2.47 bits per heavy atom. The number of nitrogens with zero attached hydrogens (tertiary/aromatic N) is 4. The molecule has 3 aromatic rings. The van der Waals surface area contributed by atoms with Gasteiger partial charge in [0.2, 0.25) is 5.95 Å². The van der Waals surface area contributed by atoms with Crippen LogP contribution in [0, 0.1) is 6.92 Å². The zero-order valence-electron chi connectivity index (χ0n) is 19.8. The monoisotopic (exact) mass is 502 g/mol. The Morgan fingerprint density at radius 2 is 1.79 bits per heavy atom. The molecule has 0 radical (unpaired) electrons. The number of ether oxygens (including phenoxy) is 2. The van der Waals surface area contributed by atoms with Crippen LogP contribution in [-0.4, -0.2) is 41.9 Å². The first-order valence-electron chi connectivity index (χ1n) is 11.1. The Hall–Kier alpha value is -2.74. The van der Waals surface area contributed by atoms with Gasteiger partial charge in [0, 0.05) is 22.8 Å². The molecule has 0 fully saturated rings. The fourth-order valence-corrected chi connectivity index (χ4v) is 4.79. The zero-order valence-corrected chi connectivity index (χ0v) is 21.3. The molecule has 180 valence electrons. The second-order valence-electron chi connectivity index (χ2n) is 8.20. The van der Waals surface area contributed by atoms with Crippen molar-refractivity contribution in [3.05, 3.63) is 73.6 Å². The van der Waals surface area contributed by atoms with Crippen LogP contribution in [-0.2, 0) is 19.5 Å². The number of methoxy groups -OCH3 is 2. The number of anilines is 2. The molecule has 2 heterocycles. The summed E-state index contributed by atoms with van der Waals surface area (Å²) in [6.45, 7) is 5.56. The molecule has 0 N–H and O–H groups in total. The molecule has 34 heavy (non-hydrogen) atoms. The van der Waals surface area contributed by atoms with Crippen molar-refractivity contribution in [2.75, 3.05) is 32.3 Å². The fourth-order valence-electron chi connectivity index (χ4n) is 4.28. The van der Waals surface area contributed by atoms with Crippen molar-refractivity contribution in [2.45, 2.75) is 33.4 Å². The standard InChI is InChI=1S/C25H28Cl2N4O3/c1-5-19-16(2)28-25-30(21-8-7-18(26)13-20(21)27)14-29(15-31(25)24(19)32)11-10-17-6-9-22(33-3)23(12-17)34-4/h6-9,12-13H,5,10-11,14-15H2,1-4H3. The molecule has 0 spiro atoms. The predicted octanol–water partition coefficient (Wildman–Crippen LogP) is 5.05. The number of halogens is 2. The van der Waals surface area contributed by atoms with Gasteiger partial charge in [0.05, 0.1) is 38.3 Å². The van der Waals surface area contributed by atoms with Gasteiger partial charge in [-0.15, -0.1) is 0 Å². The second-order valence-corrected chi connectivity index (χ2v) is 9.05. The van der Waals surface area contributed by atoms with Crippen LogP contribution >= 0.6 is 23.2 Å². The zero-order chi connectivity index (χ0) is 24.4. The van der Waals surface area contributed by atoms with Crippen LogP contribution in [0.15, 0.2) is 41.2 Å². The van der Waals surface area contributed by atoms with Crippen molar-refractivity contribution in [1.29, 1.82) is 0 Å². The number of rotatable bonds is 7. The molecule has 0 atom stereocenters. The van der Waals surface area contributed by atoms with E-state index < -0.39 is 0 Å². The van der Waals surface area contributed by atoms with Gasteiger partial charge in [-0.3, -0.25) is 19.2 Å². The minimum absolute atomic E-state index is 0.0177. The van der Waals surface area contributed by atoms with Crippen molar-refractivity contribution in [3.8, 4) is 11.5 Å². The van der Waals surface area contributed by atoms with Crippen LogP contribution in [0.25, 0.3) is 0 Å². The smallest absolute Gasteiger partial charge is 0.259 e. The fraction of sp³-hybridized carbons (Fsp3) is 0.360. The molecule has 1 aliphatic heterocycles. The molecule has 4 rings (SSSR count). The van der Waals surface area contributed by atoms with Crippen molar-refractivity contribution in [3.63, 3.8) is 0 Å². The normalized spacial score (nSPS) is 13.6. The van der Waals surface area contributed by atoms with E-state index >= 15 is 0 Å². The van der Waals surface area contributed by atoms with Crippen molar-refractivity contribution in [2.24, 2.45) is 0 Å². The first-order valence-corrected chi connectivity index (χ1v) is 11.9. The Labute approximate surface area is 209 Å². The largest absolute Gasteiger partial charge is 0.493 e. The molecule has 1 aliphatic rings. The van der Waals surface area contributed by atoms with Crippen LogP contribution in [0.1, 0.15) is 23.7 Å². The number of aryl methyl sites for hydroxylation is 1. The maximum Gasteiger partial charge on any atom is 0.259 e. The van der Waals surface area contributed by atoms with Crippen LogP contribution in [0.2, 0.25) is 10.0 Å². The number of fused-ring (bicyclic) bond motifs is 1. The van der Waals surface area contributed by atoms with E-state index in [1.165, 1.54) is 0 Å². The summed E-state index contributed by atoms with van der Waals surface area (Å²) < 4.78 is 12.5. The van der Waals surface area contributed by atoms with Gasteiger partial charge in [0.25, 0.3) is 5.56 Å². The molecule has 0 aliphatic carbocycles. The van der Waals surface area contributed by atoms with Crippen LogP contribution in [0.5, 0.6) is 11.5 Å².